The van der Waals surface area contributed by atoms with E-state index in [4.69, 9.17) is 14.5 Å². The standard InChI is InChI=1S/C25H40N4O2/c1-3-26-25(27-11-12-29(23-8-9-23)16-20-5-6-20)28-15-22-7-4-19(2)14-24(22)31-18-21-10-13-30-17-21/h4,7,14,20-21,23H,3,5-6,8-13,15-18H2,1-2H3,(H2,26,27,28). The van der Waals surface area contributed by atoms with Crippen molar-refractivity contribution in [2.24, 2.45) is 16.8 Å². The Labute approximate surface area is 187 Å². The number of aliphatic imine (C=N–C) groups is 1. The number of hydrogen-bond donors (Lipinski definition) is 2. The van der Waals surface area contributed by atoms with Gasteiger partial charge in [0, 0.05) is 50.3 Å². The second-order valence-corrected chi connectivity index (χ2v) is 9.44. The molecule has 31 heavy (non-hydrogen) atoms. The smallest absolute Gasteiger partial charge is 0.191 e. The van der Waals surface area contributed by atoms with E-state index in [2.05, 4.69) is 47.6 Å². The van der Waals surface area contributed by atoms with Crippen LogP contribution in [-0.4, -0.2) is 62.9 Å². The van der Waals surface area contributed by atoms with Crippen LogP contribution in [-0.2, 0) is 11.3 Å². The molecule has 172 valence electrons. The van der Waals surface area contributed by atoms with Crippen LogP contribution >= 0.6 is 0 Å². The van der Waals surface area contributed by atoms with Crippen LogP contribution in [0.2, 0.25) is 0 Å². The van der Waals surface area contributed by atoms with Crippen LogP contribution in [0.3, 0.4) is 0 Å². The van der Waals surface area contributed by atoms with Crippen molar-refractivity contribution >= 4 is 5.96 Å². The summed E-state index contributed by atoms with van der Waals surface area (Å²) in [5.41, 5.74) is 2.35. The number of nitrogens with zero attached hydrogens (tertiary/aromatic N) is 2. The number of rotatable bonds is 12. The van der Waals surface area contributed by atoms with E-state index in [-0.39, 0.29) is 0 Å². The van der Waals surface area contributed by atoms with E-state index in [0.717, 1.165) is 75.1 Å². The van der Waals surface area contributed by atoms with Crippen molar-refractivity contribution in [1.82, 2.24) is 15.5 Å². The molecule has 1 aromatic carbocycles. The zero-order chi connectivity index (χ0) is 21.5. The summed E-state index contributed by atoms with van der Waals surface area (Å²) in [6, 6.07) is 7.25. The van der Waals surface area contributed by atoms with E-state index in [1.165, 1.54) is 37.8 Å². The topological polar surface area (TPSA) is 58.1 Å². The van der Waals surface area contributed by atoms with Crippen LogP contribution in [0, 0.1) is 18.8 Å². The van der Waals surface area contributed by atoms with Gasteiger partial charge in [0.05, 0.1) is 19.8 Å². The van der Waals surface area contributed by atoms with Gasteiger partial charge < -0.3 is 20.1 Å². The van der Waals surface area contributed by atoms with Crippen LogP contribution in [0.25, 0.3) is 0 Å². The maximum Gasteiger partial charge on any atom is 0.191 e. The van der Waals surface area contributed by atoms with Gasteiger partial charge in [-0.1, -0.05) is 12.1 Å². The van der Waals surface area contributed by atoms with Crippen molar-refractivity contribution in [1.29, 1.82) is 0 Å². The lowest BCUT2D eigenvalue weighted by Crippen LogP contribution is -2.42. The van der Waals surface area contributed by atoms with Gasteiger partial charge >= 0.3 is 0 Å². The van der Waals surface area contributed by atoms with E-state index in [1.54, 1.807) is 0 Å². The van der Waals surface area contributed by atoms with Gasteiger partial charge in [-0.05, 0) is 63.5 Å². The molecule has 1 saturated heterocycles. The lowest BCUT2D eigenvalue weighted by atomic mass is 10.1. The van der Waals surface area contributed by atoms with Gasteiger partial charge in [-0.3, -0.25) is 4.90 Å². The molecule has 1 heterocycles. The third-order valence-electron chi connectivity index (χ3n) is 6.42. The van der Waals surface area contributed by atoms with Crippen molar-refractivity contribution in [2.45, 2.75) is 58.5 Å². The molecule has 3 fully saturated rings. The quantitative estimate of drug-likeness (QED) is 0.395. The molecule has 0 amide bonds. The predicted molar refractivity (Wildman–Crippen MR) is 126 cm³/mol. The van der Waals surface area contributed by atoms with Crippen LogP contribution < -0.4 is 15.4 Å². The Morgan fingerprint density at radius 3 is 2.74 bits per heavy atom. The van der Waals surface area contributed by atoms with E-state index in [9.17, 15) is 0 Å². The Bertz CT molecular complexity index is 724. The Kier molecular flexibility index (Phi) is 8.09. The Hall–Kier alpha value is -1.79. The molecule has 3 aliphatic rings. The van der Waals surface area contributed by atoms with Gasteiger partial charge in [0.25, 0.3) is 0 Å². The summed E-state index contributed by atoms with van der Waals surface area (Å²) in [5, 5.41) is 6.94. The summed E-state index contributed by atoms with van der Waals surface area (Å²) < 4.78 is 11.7. The van der Waals surface area contributed by atoms with Crippen LogP contribution in [0.15, 0.2) is 23.2 Å². The number of ether oxygens (including phenoxy) is 2. The van der Waals surface area contributed by atoms with Gasteiger partial charge in [-0.25, -0.2) is 4.99 Å². The average molecular weight is 429 g/mol. The predicted octanol–water partition coefficient (Wildman–Crippen LogP) is 3.34. The van der Waals surface area contributed by atoms with Crippen molar-refractivity contribution in [3.8, 4) is 5.75 Å². The summed E-state index contributed by atoms with van der Waals surface area (Å²) in [7, 11) is 0. The van der Waals surface area contributed by atoms with E-state index in [0.29, 0.717) is 12.5 Å². The highest BCUT2D eigenvalue weighted by Gasteiger charge is 2.33. The maximum atomic E-state index is 6.19. The minimum absolute atomic E-state index is 0.501. The monoisotopic (exact) mass is 428 g/mol. The Morgan fingerprint density at radius 2 is 2.03 bits per heavy atom. The SMILES string of the molecule is CCNC(=NCc1ccc(C)cc1OCC1CCOC1)NCCN(CC1CC1)C1CC1. The van der Waals surface area contributed by atoms with Gasteiger partial charge in [-0.2, -0.15) is 0 Å². The first-order valence-electron chi connectivity index (χ1n) is 12.3. The lowest BCUT2D eigenvalue weighted by Gasteiger charge is -2.22. The minimum atomic E-state index is 0.501. The highest BCUT2D eigenvalue weighted by molar-refractivity contribution is 5.79. The largest absolute Gasteiger partial charge is 0.493 e. The number of aryl methyl sites for hydroxylation is 1. The second kappa shape index (κ2) is 11.2. The van der Waals surface area contributed by atoms with E-state index < -0.39 is 0 Å². The zero-order valence-corrected chi connectivity index (χ0v) is 19.4. The van der Waals surface area contributed by atoms with Crippen molar-refractivity contribution in [2.75, 3.05) is 46.0 Å². The summed E-state index contributed by atoms with van der Waals surface area (Å²) in [4.78, 5) is 7.54. The highest BCUT2D eigenvalue weighted by Crippen LogP contribution is 2.34. The molecule has 4 rings (SSSR count). The van der Waals surface area contributed by atoms with E-state index in [1.807, 2.05) is 0 Å². The van der Waals surface area contributed by atoms with Crippen molar-refractivity contribution in [3.05, 3.63) is 29.3 Å². The summed E-state index contributed by atoms with van der Waals surface area (Å²) in [6.45, 7) is 11.4. The van der Waals surface area contributed by atoms with Crippen LogP contribution in [0.4, 0.5) is 0 Å². The van der Waals surface area contributed by atoms with Gasteiger partial charge in [0.1, 0.15) is 5.75 Å². The molecule has 1 aromatic rings. The molecule has 2 N–H and O–H groups in total. The first-order valence-corrected chi connectivity index (χ1v) is 12.3. The molecule has 0 aromatic heterocycles. The van der Waals surface area contributed by atoms with Crippen LogP contribution in [0.5, 0.6) is 5.75 Å². The molecular formula is C25H40N4O2. The summed E-state index contributed by atoms with van der Waals surface area (Å²) in [6.07, 6.45) is 6.70. The van der Waals surface area contributed by atoms with E-state index >= 15 is 0 Å². The van der Waals surface area contributed by atoms with Gasteiger partial charge in [0.2, 0.25) is 0 Å². The number of benzene rings is 1. The van der Waals surface area contributed by atoms with Gasteiger partial charge in [-0.15, -0.1) is 0 Å². The molecule has 0 bridgehead atoms. The molecule has 0 spiro atoms. The number of hydrogen-bond acceptors (Lipinski definition) is 4. The molecule has 2 saturated carbocycles. The molecule has 6 nitrogen and oxygen atoms in total. The normalized spacial score (nSPS) is 21.5. The molecule has 1 unspecified atom stereocenters. The maximum absolute atomic E-state index is 6.19. The fourth-order valence-corrected chi connectivity index (χ4v) is 4.17. The number of nitrogens with one attached hydrogen (secondary N) is 2. The first-order chi connectivity index (χ1) is 15.2. The van der Waals surface area contributed by atoms with Crippen molar-refractivity contribution in [3.63, 3.8) is 0 Å². The highest BCUT2D eigenvalue weighted by atomic mass is 16.5. The van der Waals surface area contributed by atoms with Gasteiger partial charge in [0.15, 0.2) is 5.96 Å². The minimum Gasteiger partial charge on any atom is -0.493 e. The molecule has 0 radical (unpaired) electrons. The fourth-order valence-electron chi connectivity index (χ4n) is 4.17. The molecule has 2 aliphatic carbocycles. The molecular weight excluding hydrogens is 388 g/mol. The molecule has 6 heteroatoms. The lowest BCUT2D eigenvalue weighted by molar-refractivity contribution is 0.166. The Morgan fingerprint density at radius 1 is 1.16 bits per heavy atom. The third-order valence-corrected chi connectivity index (χ3v) is 6.42. The average Bonchev–Trinajstić information content (AvgIpc) is 3.70. The summed E-state index contributed by atoms with van der Waals surface area (Å²) in [5.74, 6) is 3.30. The third kappa shape index (κ3) is 7.39. The van der Waals surface area contributed by atoms with Crippen LogP contribution in [0.1, 0.15) is 50.2 Å². The first kappa shape index (κ1) is 22.4. The second-order valence-electron chi connectivity index (χ2n) is 9.44. The summed E-state index contributed by atoms with van der Waals surface area (Å²) >= 11 is 0. The molecule has 1 aliphatic heterocycles. The molecule has 1 atom stereocenters. The van der Waals surface area contributed by atoms with Crippen molar-refractivity contribution < 1.29 is 9.47 Å². The fraction of sp³-hybridized carbons (Fsp3) is 0.720. The number of guanidine groups is 1. The zero-order valence-electron chi connectivity index (χ0n) is 19.4. The Balaban J connectivity index is 1.30.